The van der Waals surface area contributed by atoms with Crippen LogP contribution in [-0.4, -0.2) is 9.55 Å². The van der Waals surface area contributed by atoms with Crippen LogP contribution >= 0.6 is 11.3 Å². The average Bonchev–Trinajstić information content (AvgIpc) is 3.47. The number of hydrogen-bond donors (Lipinski definition) is 0. The van der Waals surface area contributed by atoms with Crippen molar-refractivity contribution in [2.75, 3.05) is 0 Å². The third kappa shape index (κ3) is 4.50. The van der Waals surface area contributed by atoms with Crippen LogP contribution in [0.3, 0.4) is 0 Å². The Morgan fingerprint density at radius 2 is 1.51 bits per heavy atom. The molecule has 174 valence electrons. The molecule has 0 N–H and O–H groups in total. The van der Waals surface area contributed by atoms with Gasteiger partial charge in [0.1, 0.15) is 10.7 Å². The van der Waals surface area contributed by atoms with Crippen molar-refractivity contribution in [2.24, 2.45) is 0 Å². The van der Waals surface area contributed by atoms with Gasteiger partial charge in [0.2, 0.25) is 0 Å². The lowest BCUT2D eigenvalue weighted by atomic mass is 10.1. The lowest BCUT2D eigenvalue weighted by Crippen LogP contribution is -3.00. The second-order valence-electron chi connectivity index (χ2n) is 8.51. The lowest BCUT2D eigenvalue weighted by Gasteiger charge is -2.05. The van der Waals surface area contributed by atoms with Gasteiger partial charge in [-0.15, -0.1) is 11.3 Å². The number of imidazole rings is 1. The van der Waals surface area contributed by atoms with Crippen LogP contribution in [-0.2, 0) is 19.4 Å². The maximum absolute atomic E-state index is 4.91. The summed E-state index contributed by atoms with van der Waals surface area (Å²) in [6.07, 6.45) is 1.98. The number of para-hydroxylation sites is 2. The Morgan fingerprint density at radius 3 is 2.26 bits per heavy atom. The molecule has 35 heavy (non-hydrogen) atoms. The van der Waals surface area contributed by atoms with E-state index < -0.39 is 0 Å². The zero-order valence-electron chi connectivity index (χ0n) is 19.6. The van der Waals surface area contributed by atoms with Gasteiger partial charge in [-0.2, -0.15) is 4.57 Å². The Bertz CT molecular complexity index is 1550. The molecule has 0 amide bonds. The highest BCUT2D eigenvalue weighted by atomic mass is 127. The quantitative estimate of drug-likeness (QED) is 0.213. The van der Waals surface area contributed by atoms with Gasteiger partial charge in [0.25, 0.3) is 5.82 Å². The molecular formula is C30H26IN3S. The van der Waals surface area contributed by atoms with Crippen LogP contribution in [0.5, 0.6) is 0 Å². The molecule has 0 atom stereocenters. The summed E-state index contributed by atoms with van der Waals surface area (Å²) < 4.78 is 6.14. The van der Waals surface area contributed by atoms with E-state index in [0.717, 1.165) is 29.9 Å². The van der Waals surface area contributed by atoms with Crippen molar-refractivity contribution in [3.05, 3.63) is 115 Å². The minimum Gasteiger partial charge on any atom is -1.00 e. The van der Waals surface area contributed by atoms with Crippen LogP contribution in [0.25, 0.3) is 37.5 Å². The third-order valence-corrected chi connectivity index (χ3v) is 7.51. The maximum atomic E-state index is 4.91. The van der Waals surface area contributed by atoms with E-state index in [4.69, 9.17) is 4.98 Å². The molecule has 3 nitrogen and oxygen atoms in total. The number of aryl methyl sites for hydroxylation is 2. The fourth-order valence-electron chi connectivity index (χ4n) is 4.82. The smallest absolute Gasteiger partial charge is 0.262 e. The minimum atomic E-state index is 0. The molecule has 6 aromatic rings. The first-order valence-corrected chi connectivity index (χ1v) is 12.7. The number of rotatable bonds is 6. The van der Waals surface area contributed by atoms with Gasteiger partial charge in [0.05, 0.1) is 23.2 Å². The summed E-state index contributed by atoms with van der Waals surface area (Å²) >= 11 is 1.76. The first kappa shape index (κ1) is 23.7. The van der Waals surface area contributed by atoms with Gasteiger partial charge in [-0.3, -0.25) is 0 Å². The van der Waals surface area contributed by atoms with Gasteiger partial charge in [0, 0.05) is 5.56 Å². The van der Waals surface area contributed by atoms with Gasteiger partial charge < -0.3 is 24.0 Å². The van der Waals surface area contributed by atoms with E-state index in [1.54, 1.807) is 11.3 Å². The van der Waals surface area contributed by atoms with Crippen molar-refractivity contribution < 1.29 is 28.5 Å². The lowest BCUT2D eigenvalue weighted by molar-refractivity contribution is -0.676. The van der Waals surface area contributed by atoms with Gasteiger partial charge in [0.15, 0.2) is 11.0 Å². The molecule has 0 unspecified atom stereocenters. The van der Waals surface area contributed by atoms with Crippen molar-refractivity contribution in [3.8, 4) is 16.3 Å². The fourth-order valence-corrected chi connectivity index (χ4v) is 5.78. The summed E-state index contributed by atoms with van der Waals surface area (Å²) in [5.41, 5.74) is 7.31. The molecule has 0 saturated carbocycles. The predicted octanol–water partition coefficient (Wildman–Crippen LogP) is 4.00. The highest BCUT2D eigenvalue weighted by Gasteiger charge is 2.26. The van der Waals surface area contributed by atoms with E-state index in [9.17, 15) is 0 Å². The SMILES string of the molecule is CC[n+]1c(CCc2ccccc2)n(-c2ccccc2)c2ccc(-c3nc4ccccc4s3)cc21.[I-]. The Kier molecular flexibility index (Phi) is 6.97. The first-order chi connectivity index (χ1) is 16.8. The largest absolute Gasteiger partial charge is 1.00 e. The zero-order chi connectivity index (χ0) is 22.9. The third-order valence-electron chi connectivity index (χ3n) is 6.43. The maximum Gasteiger partial charge on any atom is 0.262 e. The van der Waals surface area contributed by atoms with Gasteiger partial charge >= 0.3 is 0 Å². The molecule has 0 aliphatic heterocycles. The summed E-state index contributed by atoms with van der Waals surface area (Å²) in [5, 5.41) is 1.07. The summed E-state index contributed by atoms with van der Waals surface area (Å²) in [4.78, 5) is 4.91. The van der Waals surface area contributed by atoms with Gasteiger partial charge in [-0.25, -0.2) is 9.55 Å². The summed E-state index contributed by atoms with van der Waals surface area (Å²) in [6.45, 7) is 3.16. The molecule has 4 aromatic carbocycles. The molecule has 0 fully saturated rings. The fraction of sp³-hybridized carbons (Fsp3) is 0.133. The predicted molar refractivity (Wildman–Crippen MR) is 142 cm³/mol. The van der Waals surface area contributed by atoms with Crippen LogP contribution < -0.4 is 28.5 Å². The highest BCUT2D eigenvalue weighted by Crippen LogP contribution is 2.32. The van der Waals surface area contributed by atoms with Gasteiger partial charge in [-0.05, 0) is 61.4 Å². The van der Waals surface area contributed by atoms with Gasteiger partial charge in [-0.1, -0.05) is 60.7 Å². The van der Waals surface area contributed by atoms with Crippen LogP contribution in [0.1, 0.15) is 18.3 Å². The normalized spacial score (nSPS) is 11.1. The van der Waals surface area contributed by atoms with Crippen LogP contribution in [0.15, 0.2) is 103 Å². The number of halogens is 1. The Balaban J connectivity index is 0.00000253. The van der Waals surface area contributed by atoms with E-state index in [-0.39, 0.29) is 24.0 Å². The van der Waals surface area contributed by atoms with Crippen LogP contribution in [0.2, 0.25) is 0 Å². The van der Waals surface area contributed by atoms with Crippen molar-refractivity contribution in [1.82, 2.24) is 9.55 Å². The summed E-state index contributed by atoms with van der Waals surface area (Å²) in [7, 11) is 0. The Hall–Kier alpha value is -3.03. The number of nitrogens with zero attached hydrogens (tertiary/aromatic N) is 3. The summed E-state index contributed by atoms with van der Waals surface area (Å²) in [5.74, 6) is 1.33. The van der Waals surface area contributed by atoms with E-state index in [0.29, 0.717) is 0 Å². The molecule has 0 radical (unpaired) electrons. The summed E-state index contributed by atoms with van der Waals surface area (Å²) in [6, 6.07) is 36.7. The standard InChI is InChI=1S/C30H26N3S.HI/c1-2-32-27-21-23(30-31-25-15-9-10-16-28(25)34-30)18-19-26(27)33(24-13-7-4-8-14-24)29(32)20-17-22-11-5-3-6-12-22;/h3-16,18-19,21H,2,17,20H2,1H3;1H/q+1;/p-1. The monoisotopic (exact) mass is 587 g/mol. The molecule has 0 saturated heterocycles. The molecular weight excluding hydrogens is 561 g/mol. The molecule has 6 rings (SSSR count). The molecule has 0 aliphatic rings. The number of aromatic nitrogens is 3. The topological polar surface area (TPSA) is 21.7 Å². The Morgan fingerprint density at radius 1 is 0.800 bits per heavy atom. The number of fused-ring (bicyclic) bond motifs is 2. The number of benzene rings is 4. The van der Waals surface area contributed by atoms with E-state index in [1.807, 2.05) is 0 Å². The van der Waals surface area contributed by atoms with E-state index in [1.165, 1.54) is 38.4 Å². The molecule has 0 aliphatic carbocycles. The van der Waals surface area contributed by atoms with Crippen LogP contribution in [0, 0.1) is 0 Å². The van der Waals surface area contributed by atoms with E-state index >= 15 is 0 Å². The number of hydrogen-bond acceptors (Lipinski definition) is 2. The second-order valence-corrected chi connectivity index (χ2v) is 9.54. The first-order valence-electron chi connectivity index (χ1n) is 11.8. The molecule has 2 heterocycles. The molecule has 2 aromatic heterocycles. The molecule has 5 heteroatoms. The number of thiazole rings is 1. The molecule has 0 bridgehead atoms. The average molecular weight is 588 g/mol. The van der Waals surface area contributed by atoms with Crippen molar-refractivity contribution in [2.45, 2.75) is 26.3 Å². The highest BCUT2D eigenvalue weighted by molar-refractivity contribution is 7.21. The molecule has 0 spiro atoms. The van der Waals surface area contributed by atoms with E-state index in [2.05, 4.69) is 119 Å². The zero-order valence-corrected chi connectivity index (χ0v) is 22.5. The van der Waals surface area contributed by atoms with Crippen molar-refractivity contribution in [3.63, 3.8) is 0 Å². The van der Waals surface area contributed by atoms with Crippen molar-refractivity contribution >= 4 is 32.6 Å². The Labute approximate surface area is 226 Å². The van der Waals surface area contributed by atoms with Crippen molar-refractivity contribution in [1.29, 1.82) is 0 Å². The minimum absolute atomic E-state index is 0. The second kappa shape index (κ2) is 10.3. The van der Waals surface area contributed by atoms with Crippen LogP contribution in [0.4, 0.5) is 0 Å².